The number of benzene rings is 4. The summed E-state index contributed by atoms with van der Waals surface area (Å²) in [7, 11) is 0. The molecule has 2 aromatic heterocycles. The fourth-order valence-corrected chi connectivity index (χ4v) is 4.19. The highest BCUT2D eigenvalue weighted by Gasteiger charge is 2.14. The maximum atomic E-state index is 5.90. The van der Waals surface area contributed by atoms with E-state index in [1.165, 1.54) is 26.9 Å². The first-order valence-corrected chi connectivity index (χ1v) is 9.17. The minimum atomic E-state index is 0.564. The largest absolute Gasteiger partial charge is 0.436 e. The molecule has 0 aliphatic rings. The predicted octanol–water partition coefficient (Wildman–Crippen LogP) is 6.60. The number of fused-ring (bicyclic) bond motifs is 9. The number of furan rings is 1. The van der Waals surface area contributed by atoms with E-state index in [1.807, 2.05) is 6.07 Å². The van der Waals surface area contributed by atoms with Crippen LogP contribution in [0.25, 0.3) is 54.5 Å². The van der Waals surface area contributed by atoms with E-state index in [4.69, 9.17) is 4.42 Å². The van der Waals surface area contributed by atoms with E-state index in [1.54, 1.807) is 6.20 Å². The van der Waals surface area contributed by atoms with E-state index in [9.17, 15) is 0 Å². The van der Waals surface area contributed by atoms with Crippen molar-refractivity contribution in [1.82, 2.24) is 9.97 Å². The Balaban J connectivity index is 1.86. The number of aromatic nitrogens is 2. The lowest BCUT2D eigenvalue weighted by molar-refractivity contribution is 0.653. The number of hydrogen-bond donors (Lipinski definition) is 0. The second kappa shape index (κ2) is 5.02. The molecule has 6 rings (SSSR count). The third-order valence-electron chi connectivity index (χ3n) is 5.04. The van der Waals surface area contributed by atoms with E-state index >= 15 is 0 Å². The molecule has 0 fully saturated rings. The molecule has 6 aromatic rings. The summed E-state index contributed by atoms with van der Waals surface area (Å²) in [6.07, 6.45) is 1.66. The van der Waals surface area contributed by atoms with Crippen LogP contribution < -0.4 is 0 Å². The van der Waals surface area contributed by atoms with Crippen molar-refractivity contribution in [2.24, 2.45) is 0 Å². The zero-order valence-corrected chi connectivity index (χ0v) is 15.1. The Labute approximate surface area is 156 Å². The van der Waals surface area contributed by atoms with E-state index in [-0.39, 0.29) is 0 Å². The molecule has 0 bridgehead atoms. The summed E-state index contributed by atoms with van der Waals surface area (Å²) < 4.78 is 6.61. The van der Waals surface area contributed by atoms with Gasteiger partial charge in [0.25, 0.3) is 0 Å². The molecule has 0 saturated heterocycles. The molecule has 0 atom stereocenters. The van der Waals surface area contributed by atoms with Crippen LogP contribution >= 0.6 is 15.9 Å². The van der Waals surface area contributed by atoms with Crippen molar-refractivity contribution < 1.29 is 4.42 Å². The third-order valence-corrected chi connectivity index (χ3v) is 5.42. The zero-order chi connectivity index (χ0) is 17.3. The van der Waals surface area contributed by atoms with Gasteiger partial charge in [-0.2, -0.15) is 0 Å². The SMILES string of the molecule is Brc1cnc2oc3ccc4c5ccc6ccccc6c5ccc4c3c2n1. The van der Waals surface area contributed by atoms with Crippen molar-refractivity contribution in [2.45, 2.75) is 0 Å². The Kier molecular flexibility index (Phi) is 2.75. The average molecular weight is 399 g/mol. The van der Waals surface area contributed by atoms with Crippen LogP contribution in [0.2, 0.25) is 0 Å². The number of rotatable bonds is 0. The molecule has 4 heteroatoms. The van der Waals surface area contributed by atoms with Gasteiger partial charge in [0.15, 0.2) is 0 Å². The Morgan fingerprint density at radius 1 is 0.731 bits per heavy atom. The molecule has 0 unspecified atom stereocenters. The van der Waals surface area contributed by atoms with Gasteiger partial charge in [-0.25, -0.2) is 9.97 Å². The molecule has 0 N–H and O–H groups in total. The second-order valence-electron chi connectivity index (χ2n) is 6.43. The topological polar surface area (TPSA) is 38.9 Å². The summed E-state index contributed by atoms with van der Waals surface area (Å²) in [5, 5.41) is 8.37. The Morgan fingerprint density at radius 3 is 2.42 bits per heavy atom. The van der Waals surface area contributed by atoms with Crippen LogP contribution in [0.4, 0.5) is 0 Å². The zero-order valence-electron chi connectivity index (χ0n) is 13.5. The molecule has 4 aromatic carbocycles. The van der Waals surface area contributed by atoms with E-state index in [2.05, 4.69) is 80.5 Å². The van der Waals surface area contributed by atoms with E-state index in [0.29, 0.717) is 10.3 Å². The summed E-state index contributed by atoms with van der Waals surface area (Å²) in [5.41, 5.74) is 2.17. The first kappa shape index (κ1) is 14.2. The van der Waals surface area contributed by atoms with Crippen molar-refractivity contribution in [3.63, 3.8) is 0 Å². The molecule has 0 radical (unpaired) electrons. The first-order chi connectivity index (χ1) is 12.8. The van der Waals surface area contributed by atoms with Gasteiger partial charge in [-0.15, -0.1) is 0 Å². The minimum absolute atomic E-state index is 0.564. The van der Waals surface area contributed by atoms with Gasteiger partial charge >= 0.3 is 0 Å². The molecule has 0 aliphatic carbocycles. The van der Waals surface area contributed by atoms with Crippen LogP contribution in [0.5, 0.6) is 0 Å². The van der Waals surface area contributed by atoms with Crippen LogP contribution in [0, 0.1) is 0 Å². The maximum absolute atomic E-state index is 5.90. The normalized spacial score (nSPS) is 12.0. The highest BCUT2D eigenvalue weighted by Crippen LogP contribution is 2.37. The quantitative estimate of drug-likeness (QED) is 0.270. The number of halogens is 1. The molecule has 122 valence electrons. The highest BCUT2D eigenvalue weighted by molar-refractivity contribution is 9.10. The van der Waals surface area contributed by atoms with Crippen LogP contribution in [-0.2, 0) is 0 Å². The van der Waals surface area contributed by atoms with Crippen LogP contribution in [0.3, 0.4) is 0 Å². The molecule has 0 spiro atoms. The van der Waals surface area contributed by atoms with Crippen LogP contribution in [-0.4, -0.2) is 9.97 Å². The fraction of sp³-hybridized carbons (Fsp3) is 0. The monoisotopic (exact) mass is 398 g/mol. The summed E-state index contributed by atoms with van der Waals surface area (Å²) in [4.78, 5) is 8.96. The van der Waals surface area contributed by atoms with Gasteiger partial charge in [-0.05, 0) is 54.3 Å². The molecular formula is C22H11BrN2O. The molecule has 2 heterocycles. The summed E-state index contributed by atoms with van der Waals surface area (Å²) in [5.74, 6) is 0. The van der Waals surface area contributed by atoms with Gasteiger partial charge in [0, 0.05) is 0 Å². The van der Waals surface area contributed by atoms with E-state index < -0.39 is 0 Å². The van der Waals surface area contributed by atoms with Crippen molar-refractivity contribution in [3.05, 3.63) is 71.5 Å². The van der Waals surface area contributed by atoms with Crippen molar-refractivity contribution in [3.8, 4) is 0 Å². The average Bonchev–Trinajstić information content (AvgIpc) is 3.05. The van der Waals surface area contributed by atoms with Crippen LogP contribution in [0.1, 0.15) is 0 Å². The number of nitrogens with zero attached hydrogens (tertiary/aromatic N) is 2. The molecule has 0 aliphatic heterocycles. The van der Waals surface area contributed by atoms with Gasteiger partial charge < -0.3 is 4.42 Å². The molecular weight excluding hydrogens is 388 g/mol. The van der Waals surface area contributed by atoms with Gasteiger partial charge in [-0.3, -0.25) is 0 Å². The molecule has 0 saturated carbocycles. The standard InChI is InChI=1S/C22H11BrN2O/c23-19-11-24-22-21(25-19)20-17-8-7-14-13-4-2-1-3-12(13)5-6-15(14)16(17)9-10-18(20)26-22/h1-11H. The molecule has 3 nitrogen and oxygen atoms in total. The third kappa shape index (κ3) is 1.82. The van der Waals surface area contributed by atoms with Gasteiger partial charge in [0.2, 0.25) is 5.71 Å². The fourth-order valence-electron chi connectivity index (χ4n) is 3.91. The summed E-state index contributed by atoms with van der Waals surface area (Å²) >= 11 is 3.42. The Hall–Kier alpha value is -2.98. The number of hydrogen-bond acceptors (Lipinski definition) is 3. The lowest BCUT2D eigenvalue weighted by Gasteiger charge is -2.08. The summed E-state index contributed by atoms with van der Waals surface area (Å²) in [6.45, 7) is 0. The first-order valence-electron chi connectivity index (χ1n) is 8.37. The van der Waals surface area contributed by atoms with Gasteiger partial charge in [-0.1, -0.05) is 54.6 Å². The predicted molar refractivity (Wildman–Crippen MR) is 110 cm³/mol. The minimum Gasteiger partial charge on any atom is -0.436 e. The van der Waals surface area contributed by atoms with Gasteiger partial charge in [0.05, 0.1) is 11.6 Å². The van der Waals surface area contributed by atoms with E-state index in [0.717, 1.165) is 21.9 Å². The Bertz CT molecular complexity index is 1500. The Morgan fingerprint density at radius 2 is 1.46 bits per heavy atom. The van der Waals surface area contributed by atoms with Crippen LogP contribution in [0.15, 0.2) is 75.9 Å². The van der Waals surface area contributed by atoms with Gasteiger partial charge in [0.1, 0.15) is 15.7 Å². The highest BCUT2D eigenvalue weighted by atomic mass is 79.9. The molecule has 26 heavy (non-hydrogen) atoms. The maximum Gasteiger partial charge on any atom is 0.246 e. The summed E-state index contributed by atoms with van der Waals surface area (Å²) in [6, 6.07) is 21.4. The lowest BCUT2D eigenvalue weighted by atomic mass is 9.96. The van der Waals surface area contributed by atoms with Crippen molar-refractivity contribution in [2.75, 3.05) is 0 Å². The molecule has 0 amide bonds. The smallest absolute Gasteiger partial charge is 0.246 e. The van der Waals surface area contributed by atoms with Crippen molar-refractivity contribution >= 4 is 70.4 Å². The van der Waals surface area contributed by atoms with Crippen molar-refractivity contribution in [1.29, 1.82) is 0 Å². The second-order valence-corrected chi connectivity index (χ2v) is 7.24. The lowest BCUT2D eigenvalue weighted by Crippen LogP contribution is -1.83.